The van der Waals surface area contributed by atoms with Gasteiger partial charge in [0.05, 0.1) is 11.6 Å². The third-order valence-electron chi connectivity index (χ3n) is 2.63. The van der Waals surface area contributed by atoms with Crippen molar-refractivity contribution < 1.29 is 4.74 Å². The second kappa shape index (κ2) is 6.52. The van der Waals surface area contributed by atoms with Gasteiger partial charge in [-0.1, -0.05) is 6.92 Å². The lowest BCUT2D eigenvalue weighted by Gasteiger charge is -2.08. The minimum atomic E-state index is 0.699. The summed E-state index contributed by atoms with van der Waals surface area (Å²) in [5.74, 6) is 2.34. The van der Waals surface area contributed by atoms with Crippen LogP contribution in [0.2, 0.25) is 0 Å². The summed E-state index contributed by atoms with van der Waals surface area (Å²) in [6.45, 7) is 3.00. The van der Waals surface area contributed by atoms with Crippen molar-refractivity contribution in [2.45, 2.75) is 13.3 Å². The number of anilines is 1. The van der Waals surface area contributed by atoms with Crippen LogP contribution in [0.15, 0.2) is 34.9 Å². The summed E-state index contributed by atoms with van der Waals surface area (Å²) in [5, 5.41) is 3.27. The number of hydrogen-bond acceptors (Lipinski definition) is 4. The molecule has 1 heterocycles. The van der Waals surface area contributed by atoms with Crippen LogP contribution in [0.3, 0.4) is 0 Å². The fraction of sp³-hybridized carbons (Fsp3) is 0.286. The zero-order valence-corrected chi connectivity index (χ0v) is 12.6. The van der Waals surface area contributed by atoms with E-state index < -0.39 is 0 Å². The Kier molecular flexibility index (Phi) is 4.74. The highest BCUT2D eigenvalue weighted by atomic mass is 79.9. The number of halogens is 1. The summed E-state index contributed by atoms with van der Waals surface area (Å²) in [4.78, 5) is 8.86. The zero-order valence-electron chi connectivity index (χ0n) is 11.0. The molecular formula is C14H16BrN3O. The molecule has 19 heavy (non-hydrogen) atoms. The molecular weight excluding hydrogens is 306 g/mol. The van der Waals surface area contributed by atoms with Crippen molar-refractivity contribution in [3.05, 3.63) is 34.9 Å². The summed E-state index contributed by atoms with van der Waals surface area (Å²) in [5.41, 5.74) is 0.966. The lowest BCUT2D eigenvalue weighted by Crippen LogP contribution is -2.04. The van der Waals surface area contributed by atoms with Crippen LogP contribution in [-0.4, -0.2) is 23.6 Å². The van der Waals surface area contributed by atoms with Gasteiger partial charge < -0.3 is 10.1 Å². The molecule has 1 aromatic heterocycles. The van der Waals surface area contributed by atoms with E-state index in [-0.39, 0.29) is 0 Å². The summed E-state index contributed by atoms with van der Waals surface area (Å²) in [7, 11) is 1.65. The number of nitrogens with one attached hydrogen (secondary N) is 1. The average Bonchev–Trinajstić information content (AvgIpc) is 2.46. The number of benzene rings is 1. The molecule has 0 atom stereocenters. The molecule has 0 saturated heterocycles. The van der Waals surface area contributed by atoms with E-state index in [9.17, 15) is 0 Å². The normalized spacial score (nSPS) is 10.3. The molecule has 4 nitrogen and oxygen atoms in total. The van der Waals surface area contributed by atoms with Crippen LogP contribution in [0.5, 0.6) is 5.75 Å². The van der Waals surface area contributed by atoms with Crippen LogP contribution in [0.1, 0.15) is 13.3 Å². The Labute approximate surface area is 121 Å². The van der Waals surface area contributed by atoms with Crippen LogP contribution in [-0.2, 0) is 0 Å². The quantitative estimate of drug-likeness (QED) is 0.911. The van der Waals surface area contributed by atoms with E-state index in [1.807, 2.05) is 24.3 Å². The number of aromatic nitrogens is 2. The molecule has 0 fully saturated rings. The largest absolute Gasteiger partial charge is 0.497 e. The van der Waals surface area contributed by atoms with Gasteiger partial charge in [0, 0.05) is 18.3 Å². The summed E-state index contributed by atoms with van der Waals surface area (Å²) in [6.07, 6.45) is 2.82. The maximum absolute atomic E-state index is 5.14. The third-order valence-corrected chi connectivity index (χ3v) is 3.22. The van der Waals surface area contributed by atoms with Crippen molar-refractivity contribution in [3.63, 3.8) is 0 Å². The maximum atomic E-state index is 5.14. The molecule has 0 aliphatic carbocycles. The fourth-order valence-electron chi connectivity index (χ4n) is 1.61. The first kappa shape index (κ1) is 13.8. The molecule has 5 heteroatoms. The Hall–Kier alpha value is -1.62. The molecule has 2 aromatic rings. The first-order valence-corrected chi connectivity index (χ1v) is 6.94. The van der Waals surface area contributed by atoms with Crippen molar-refractivity contribution in [2.24, 2.45) is 0 Å². The summed E-state index contributed by atoms with van der Waals surface area (Å²) >= 11 is 3.45. The highest BCUT2D eigenvalue weighted by Crippen LogP contribution is 2.24. The molecule has 0 aliphatic heterocycles. The molecule has 2 rings (SSSR count). The SMILES string of the molecule is CCCNc1nc(-c2ccc(OC)cc2)ncc1Br. The molecule has 0 bridgehead atoms. The molecule has 0 saturated carbocycles. The number of ether oxygens (including phenoxy) is 1. The molecule has 0 aliphatic rings. The molecule has 100 valence electrons. The van der Waals surface area contributed by atoms with E-state index in [0.717, 1.165) is 34.6 Å². The molecule has 0 amide bonds. The predicted octanol–water partition coefficient (Wildman–Crippen LogP) is 3.74. The van der Waals surface area contributed by atoms with Crippen LogP contribution >= 0.6 is 15.9 Å². The third kappa shape index (κ3) is 3.44. The number of methoxy groups -OCH3 is 1. The van der Waals surface area contributed by atoms with Crippen molar-refractivity contribution in [1.29, 1.82) is 0 Å². The lowest BCUT2D eigenvalue weighted by atomic mass is 10.2. The molecule has 0 radical (unpaired) electrons. The fourth-order valence-corrected chi connectivity index (χ4v) is 1.94. The van der Waals surface area contributed by atoms with E-state index in [4.69, 9.17) is 4.74 Å². The van der Waals surface area contributed by atoms with Crippen molar-refractivity contribution in [1.82, 2.24) is 9.97 Å². The topological polar surface area (TPSA) is 47.0 Å². The Balaban J connectivity index is 2.28. The minimum Gasteiger partial charge on any atom is -0.497 e. The highest BCUT2D eigenvalue weighted by molar-refractivity contribution is 9.10. The Morgan fingerprint density at radius 1 is 1.26 bits per heavy atom. The second-order valence-corrected chi connectivity index (χ2v) is 4.90. The maximum Gasteiger partial charge on any atom is 0.161 e. The average molecular weight is 322 g/mol. The van der Waals surface area contributed by atoms with Crippen LogP contribution in [0, 0.1) is 0 Å². The van der Waals surface area contributed by atoms with Gasteiger partial charge in [0.25, 0.3) is 0 Å². The predicted molar refractivity (Wildman–Crippen MR) is 80.5 cm³/mol. The Morgan fingerprint density at radius 3 is 2.63 bits per heavy atom. The summed E-state index contributed by atoms with van der Waals surface area (Å²) < 4.78 is 6.01. The van der Waals surface area contributed by atoms with Crippen LogP contribution in [0.25, 0.3) is 11.4 Å². The number of nitrogens with zero attached hydrogens (tertiary/aromatic N) is 2. The van der Waals surface area contributed by atoms with Gasteiger partial charge in [-0.3, -0.25) is 0 Å². The van der Waals surface area contributed by atoms with Crippen LogP contribution in [0.4, 0.5) is 5.82 Å². The minimum absolute atomic E-state index is 0.699. The van der Waals surface area contributed by atoms with E-state index in [2.05, 4.69) is 38.1 Å². The van der Waals surface area contributed by atoms with Crippen molar-refractivity contribution in [2.75, 3.05) is 19.0 Å². The van der Waals surface area contributed by atoms with Gasteiger partial charge >= 0.3 is 0 Å². The smallest absolute Gasteiger partial charge is 0.161 e. The summed E-state index contributed by atoms with van der Waals surface area (Å²) in [6, 6.07) is 7.71. The second-order valence-electron chi connectivity index (χ2n) is 4.05. The van der Waals surface area contributed by atoms with Gasteiger partial charge in [-0.25, -0.2) is 9.97 Å². The van der Waals surface area contributed by atoms with Crippen LogP contribution < -0.4 is 10.1 Å². The van der Waals surface area contributed by atoms with Crippen molar-refractivity contribution in [3.8, 4) is 17.1 Å². The van der Waals surface area contributed by atoms with Gasteiger partial charge in [-0.05, 0) is 46.6 Å². The van der Waals surface area contributed by atoms with Gasteiger partial charge in [-0.15, -0.1) is 0 Å². The molecule has 1 aromatic carbocycles. The highest BCUT2D eigenvalue weighted by Gasteiger charge is 2.06. The van der Waals surface area contributed by atoms with Gasteiger partial charge in [-0.2, -0.15) is 0 Å². The first-order valence-electron chi connectivity index (χ1n) is 6.15. The lowest BCUT2D eigenvalue weighted by molar-refractivity contribution is 0.415. The first-order chi connectivity index (χ1) is 9.24. The van der Waals surface area contributed by atoms with E-state index in [1.54, 1.807) is 13.3 Å². The number of rotatable bonds is 5. The molecule has 1 N–H and O–H groups in total. The number of hydrogen-bond donors (Lipinski definition) is 1. The van der Waals surface area contributed by atoms with Crippen molar-refractivity contribution >= 4 is 21.7 Å². The van der Waals surface area contributed by atoms with E-state index in [0.29, 0.717) is 5.82 Å². The monoisotopic (exact) mass is 321 g/mol. The van der Waals surface area contributed by atoms with E-state index >= 15 is 0 Å². The Bertz CT molecular complexity index is 543. The molecule has 0 unspecified atom stereocenters. The van der Waals surface area contributed by atoms with Gasteiger partial charge in [0.15, 0.2) is 5.82 Å². The standard InChI is InChI=1S/C14H16BrN3O/c1-3-8-16-14-12(15)9-17-13(18-14)10-4-6-11(19-2)7-5-10/h4-7,9H,3,8H2,1-2H3,(H,16,17,18). The van der Waals surface area contributed by atoms with Gasteiger partial charge in [0.2, 0.25) is 0 Å². The van der Waals surface area contributed by atoms with E-state index in [1.165, 1.54) is 0 Å². The Morgan fingerprint density at radius 2 is 2.00 bits per heavy atom. The van der Waals surface area contributed by atoms with Gasteiger partial charge in [0.1, 0.15) is 11.6 Å². The molecule has 0 spiro atoms. The zero-order chi connectivity index (χ0) is 13.7.